The third kappa shape index (κ3) is 6.50. The lowest BCUT2D eigenvalue weighted by atomic mass is 10.1. The maximum atomic E-state index is 12.7. The molecule has 28 heavy (non-hydrogen) atoms. The first-order valence-corrected chi connectivity index (χ1v) is 9.77. The molecule has 5 heteroatoms. The lowest BCUT2D eigenvalue weighted by molar-refractivity contribution is -0.132. The highest BCUT2D eigenvalue weighted by molar-refractivity contribution is 5.93. The number of likely N-dealkylation sites (N-methyl/N-ethyl adjacent to an activating group) is 1. The van der Waals surface area contributed by atoms with Crippen LogP contribution in [0.2, 0.25) is 0 Å². The van der Waals surface area contributed by atoms with E-state index in [1.165, 1.54) is 5.56 Å². The summed E-state index contributed by atoms with van der Waals surface area (Å²) in [6, 6.07) is 15.8. The predicted molar refractivity (Wildman–Crippen MR) is 114 cm³/mol. The number of carbonyl (C=O) groups excluding carboxylic acids is 2. The first kappa shape index (κ1) is 21.6. The number of nitrogens with zero attached hydrogens (tertiary/aromatic N) is 2. The standard InChI is InChI=1S/C23H31N3O2/c1-5-14-26(16-22(27)24-21-13-9-7-11-19(21)3)17-23(28)25(4)15-20-12-8-6-10-18(20)2/h6-13H,5,14-17H2,1-4H3,(H,24,27). The second-order valence-electron chi connectivity index (χ2n) is 7.25. The highest BCUT2D eigenvalue weighted by Crippen LogP contribution is 2.13. The first-order valence-electron chi connectivity index (χ1n) is 9.77. The second-order valence-corrected chi connectivity index (χ2v) is 7.25. The molecule has 1 N–H and O–H groups in total. The minimum absolute atomic E-state index is 0.0143. The van der Waals surface area contributed by atoms with Gasteiger partial charge in [-0.1, -0.05) is 49.4 Å². The number of hydrogen-bond acceptors (Lipinski definition) is 3. The molecule has 2 amide bonds. The Morgan fingerprint density at radius 1 is 0.929 bits per heavy atom. The van der Waals surface area contributed by atoms with E-state index in [-0.39, 0.29) is 24.9 Å². The Hall–Kier alpha value is -2.66. The minimum atomic E-state index is -0.0999. The van der Waals surface area contributed by atoms with Crippen LogP contribution in [0, 0.1) is 13.8 Å². The molecule has 0 radical (unpaired) electrons. The molecule has 0 aliphatic heterocycles. The molecular formula is C23H31N3O2. The molecule has 0 atom stereocenters. The Kier molecular flexibility index (Phi) is 8.20. The quantitative estimate of drug-likeness (QED) is 0.722. The van der Waals surface area contributed by atoms with E-state index >= 15 is 0 Å². The summed E-state index contributed by atoms with van der Waals surface area (Å²) >= 11 is 0. The van der Waals surface area contributed by atoms with Gasteiger partial charge in [0.25, 0.3) is 0 Å². The van der Waals surface area contributed by atoms with Crippen LogP contribution in [0.5, 0.6) is 0 Å². The fraction of sp³-hybridized carbons (Fsp3) is 0.391. The van der Waals surface area contributed by atoms with Crippen LogP contribution in [0.25, 0.3) is 0 Å². The smallest absolute Gasteiger partial charge is 0.238 e. The van der Waals surface area contributed by atoms with Gasteiger partial charge in [-0.3, -0.25) is 14.5 Å². The fourth-order valence-corrected chi connectivity index (χ4v) is 3.08. The molecule has 0 fully saturated rings. The van der Waals surface area contributed by atoms with Crippen molar-refractivity contribution in [1.29, 1.82) is 0 Å². The van der Waals surface area contributed by atoms with Gasteiger partial charge in [0.05, 0.1) is 13.1 Å². The van der Waals surface area contributed by atoms with Gasteiger partial charge >= 0.3 is 0 Å². The summed E-state index contributed by atoms with van der Waals surface area (Å²) in [4.78, 5) is 28.8. The Morgan fingerprint density at radius 2 is 1.57 bits per heavy atom. The van der Waals surface area contributed by atoms with Crippen LogP contribution in [0.15, 0.2) is 48.5 Å². The number of carbonyl (C=O) groups is 2. The van der Waals surface area contributed by atoms with E-state index < -0.39 is 0 Å². The topological polar surface area (TPSA) is 52.7 Å². The molecule has 0 heterocycles. The van der Waals surface area contributed by atoms with Crippen LogP contribution in [0.3, 0.4) is 0 Å². The third-order valence-corrected chi connectivity index (χ3v) is 4.78. The molecule has 0 bridgehead atoms. The number of amides is 2. The fourth-order valence-electron chi connectivity index (χ4n) is 3.08. The zero-order chi connectivity index (χ0) is 20.5. The number of benzene rings is 2. The van der Waals surface area contributed by atoms with Crippen LogP contribution in [0.1, 0.15) is 30.0 Å². The molecule has 150 valence electrons. The molecule has 2 aromatic carbocycles. The number of aryl methyl sites for hydroxylation is 2. The van der Waals surface area contributed by atoms with Gasteiger partial charge in [0.2, 0.25) is 11.8 Å². The van der Waals surface area contributed by atoms with Crippen molar-refractivity contribution in [2.75, 3.05) is 32.0 Å². The van der Waals surface area contributed by atoms with E-state index in [4.69, 9.17) is 0 Å². The largest absolute Gasteiger partial charge is 0.340 e. The van der Waals surface area contributed by atoms with E-state index in [0.29, 0.717) is 13.1 Å². The van der Waals surface area contributed by atoms with Gasteiger partial charge in [-0.15, -0.1) is 0 Å². The summed E-state index contributed by atoms with van der Waals surface area (Å²) in [6.07, 6.45) is 0.881. The average Bonchev–Trinajstić information content (AvgIpc) is 2.65. The molecule has 0 unspecified atom stereocenters. The molecule has 0 saturated heterocycles. The van der Waals surface area contributed by atoms with Crippen molar-refractivity contribution in [2.45, 2.75) is 33.7 Å². The Morgan fingerprint density at radius 3 is 2.21 bits per heavy atom. The van der Waals surface area contributed by atoms with Crippen molar-refractivity contribution in [3.05, 3.63) is 65.2 Å². The van der Waals surface area contributed by atoms with Crippen molar-refractivity contribution >= 4 is 17.5 Å². The van der Waals surface area contributed by atoms with E-state index in [9.17, 15) is 9.59 Å². The van der Waals surface area contributed by atoms with Crippen LogP contribution < -0.4 is 5.32 Å². The number of anilines is 1. The van der Waals surface area contributed by atoms with Gasteiger partial charge < -0.3 is 10.2 Å². The molecule has 0 saturated carbocycles. The van der Waals surface area contributed by atoms with Crippen molar-refractivity contribution in [1.82, 2.24) is 9.80 Å². The molecule has 2 aromatic rings. The normalized spacial score (nSPS) is 10.8. The molecule has 0 aliphatic carbocycles. The van der Waals surface area contributed by atoms with Gasteiger partial charge in [-0.05, 0) is 49.6 Å². The summed E-state index contributed by atoms with van der Waals surface area (Å²) in [5.74, 6) is -0.0856. The van der Waals surface area contributed by atoms with Crippen LogP contribution in [0.4, 0.5) is 5.69 Å². The van der Waals surface area contributed by atoms with Gasteiger partial charge in [0, 0.05) is 19.3 Å². The maximum Gasteiger partial charge on any atom is 0.238 e. The Labute approximate surface area is 168 Å². The van der Waals surface area contributed by atoms with Gasteiger partial charge in [0.1, 0.15) is 0 Å². The minimum Gasteiger partial charge on any atom is -0.340 e. The summed E-state index contributed by atoms with van der Waals surface area (Å²) in [7, 11) is 1.81. The average molecular weight is 382 g/mol. The van der Waals surface area contributed by atoms with Crippen LogP contribution >= 0.6 is 0 Å². The monoisotopic (exact) mass is 381 g/mol. The van der Waals surface area contributed by atoms with Crippen molar-refractivity contribution in [2.24, 2.45) is 0 Å². The number of rotatable bonds is 9. The Balaban J connectivity index is 1.93. The predicted octanol–water partition coefficient (Wildman–Crippen LogP) is 3.61. The summed E-state index contributed by atoms with van der Waals surface area (Å²) in [5, 5.41) is 2.94. The lowest BCUT2D eigenvalue weighted by Gasteiger charge is -2.25. The summed E-state index contributed by atoms with van der Waals surface area (Å²) < 4.78 is 0. The molecule has 0 aromatic heterocycles. The van der Waals surface area contributed by atoms with Gasteiger partial charge in [-0.25, -0.2) is 0 Å². The lowest BCUT2D eigenvalue weighted by Crippen LogP contribution is -2.42. The van der Waals surface area contributed by atoms with Crippen LogP contribution in [-0.4, -0.2) is 48.3 Å². The van der Waals surface area contributed by atoms with E-state index in [1.807, 2.05) is 81.2 Å². The Bertz CT molecular complexity index is 804. The van der Waals surface area contributed by atoms with E-state index in [1.54, 1.807) is 4.90 Å². The van der Waals surface area contributed by atoms with Gasteiger partial charge in [-0.2, -0.15) is 0 Å². The van der Waals surface area contributed by atoms with E-state index in [2.05, 4.69) is 5.32 Å². The van der Waals surface area contributed by atoms with Crippen molar-refractivity contribution in [3.63, 3.8) is 0 Å². The zero-order valence-electron chi connectivity index (χ0n) is 17.4. The van der Waals surface area contributed by atoms with E-state index in [0.717, 1.165) is 23.2 Å². The summed E-state index contributed by atoms with van der Waals surface area (Å²) in [6.45, 7) is 7.76. The number of hydrogen-bond donors (Lipinski definition) is 1. The van der Waals surface area contributed by atoms with Gasteiger partial charge in [0.15, 0.2) is 0 Å². The molecule has 5 nitrogen and oxygen atoms in total. The van der Waals surface area contributed by atoms with Crippen molar-refractivity contribution < 1.29 is 9.59 Å². The highest BCUT2D eigenvalue weighted by atomic mass is 16.2. The SMILES string of the molecule is CCCN(CC(=O)Nc1ccccc1C)CC(=O)N(C)Cc1ccccc1C. The second kappa shape index (κ2) is 10.6. The first-order chi connectivity index (χ1) is 13.4. The maximum absolute atomic E-state index is 12.7. The molecular weight excluding hydrogens is 350 g/mol. The molecule has 2 rings (SSSR count). The molecule has 0 aliphatic rings. The third-order valence-electron chi connectivity index (χ3n) is 4.78. The summed E-state index contributed by atoms with van der Waals surface area (Å²) in [5.41, 5.74) is 4.14. The van der Waals surface area contributed by atoms with Crippen LogP contribution in [-0.2, 0) is 16.1 Å². The zero-order valence-corrected chi connectivity index (χ0v) is 17.4. The number of para-hydroxylation sites is 1. The van der Waals surface area contributed by atoms with Crippen molar-refractivity contribution in [3.8, 4) is 0 Å². The molecule has 0 spiro atoms. The number of nitrogens with one attached hydrogen (secondary N) is 1. The highest BCUT2D eigenvalue weighted by Gasteiger charge is 2.17.